The van der Waals surface area contributed by atoms with Crippen molar-refractivity contribution < 1.29 is 9.47 Å². The molecule has 0 bridgehead atoms. The van der Waals surface area contributed by atoms with Crippen LogP contribution in [0.1, 0.15) is 0 Å². The van der Waals surface area contributed by atoms with Crippen molar-refractivity contribution in [2.45, 2.75) is 0 Å². The van der Waals surface area contributed by atoms with Crippen molar-refractivity contribution in [2.75, 3.05) is 4.90 Å². The van der Waals surface area contributed by atoms with Crippen molar-refractivity contribution in [3.63, 3.8) is 0 Å². The molecule has 0 fully saturated rings. The monoisotopic (exact) mass is 742 g/mol. The predicted octanol–water partition coefficient (Wildman–Crippen LogP) is 15.1. The SMILES string of the molecule is c1ccc(-c2ccccc2-c2ccc3c(c2)Oc2cc4c5ccccc5n(-c5ccccc5)c4c4c2N3c2ccc(-c3ccccc3-c3ccccc3)cc2O4)cc1. The van der Waals surface area contributed by atoms with Crippen LogP contribution >= 0.6 is 0 Å². The van der Waals surface area contributed by atoms with E-state index < -0.39 is 0 Å². The lowest BCUT2D eigenvalue weighted by Gasteiger charge is -2.38. The molecule has 272 valence electrons. The lowest BCUT2D eigenvalue weighted by Crippen LogP contribution is -2.20. The average molecular weight is 743 g/mol. The molecule has 0 radical (unpaired) electrons. The first-order valence-electron chi connectivity index (χ1n) is 19.7. The molecule has 12 rings (SSSR count). The first-order valence-corrected chi connectivity index (χ1v) is 19.7. The van der Waals surface area contributed by atoms with E-state index in [4.69, 9.17) is 9.47 Å². The summed E-state index contributed by atoms with van der Waals surface area (Å²) in [6.07, 6.45) is 0. The Kier molecular flexibility index (Phi) is 7.20. The maximum atomic E-state index is 7.27. The van der Waals surface area contributed by atoms with Gasteiger partial charge in [-0.15, -0.1) is 0 Å². The summed E-state index contributed by atoms with van der Waals surface area (Å²) in [5.74, 6) is 3.08. The number of nitrogens with zero attached hydrogens (tertiary/aromatic N) is 2. The van der Waals surface area contributed by atoms with Crippen LogP contribution in [0.5, 0.6) is 23.0 Å². The number of hydrogen-bond acceptors (Lipinski definition) is 3. The quantitative estimate of drug-likeness (QED) is 0.176. The van der Waals surface area contributed by atoms with Crippen molar-refractivity contribution in [3.05, 3.63) is 206 Å². The third-order valence-electron chi connectivity index (χ3n) is 11.6. The van der Waals surface area contributed by atoms with Crippen LogP contribution in [0.15, 0.2) is 206 Å². The molecule has 0 atom stereocenters. The number of para-hydroxylation sites is 2. The van der Waals surface area contributed by atoms with Crippen LogP contribution in [0, 0.1) is 0 Å². The summed E-state index contributed by atoms with van der Waals surface area (Å²) in [5.41, 5.74) is 15.1. The van der Waals surface area contributed by atoms with E-state index >= 15 is 0 Å². The number of hydrogen-bond donors (Lipinski definition) is 0. The molecule has 0 saturated heterocycles. The third kappa shape index (κ3) is 4.95. The zero-order valence-electron chi connectivity index (χ0n) is 31.3. The van der Waals surface area contributed by atoms with Crippen LogP contribution in [-0.2, 0) is 0 Å². The van der Waals surface area contributed by atoms with Gasteiger partial charge in [0.05, 0.1) is 22.4 Å². The minimum absolute atomic E-state index is 0.753. The Bertz CT molecular complexity index is 3210. The van der Waals surface area contributed by atoms with Gasteiger partial charge in [-0.05, 0) is 93.0 Å². The van der Waals surface area contributed by atoms with Crippen LogP contribution in [0.4, 0.5) is 17.1 Å². The van der Waals surface area contributed by atoms with E-state index in [-0.39, 0.29) is 0 Å². The fourth-order valence-corrected chi connectivity index (χ4v) is 8.99. The zero-order valence-corrected chi connectivity index (χ0v) is 31.3. The van der Waals surface area contributed by atoms with E-state index in [0.717, 1.165) is 89.8 Å². The second kappa shape index (κ2) is 12.9. The standard InChI is InChI=1S/C54H34N2O2/c1-4-16-35(17-5-1)40-22-10-12-24-42(40)37-28-30-47-49(32-37)57-51-34-45-44-26-14-15-27-46(44)55(39-20-8-3-9-21-39)52(45)54-53(51)56(47)48-31-29-38(33-50(48)58-54)43-25-13-11-23-41(43)36-18-6-2-7-19-36/h1-34H. The highest BCUT2D eigenvalue weighted by molar-refractivity contribution is 6.16. The van der Waals surface area contributed by atoms with Crippen LogP contribution in [0.3, 0.4) is 0 Å². The maximum Gasteiger partial charge on any atom is 0.180 e. The summed E-state index contributed by atoms with van der Waals surface area (Å²) in [6.45, 7) is 0. The molecule has 0 unspecified atom stereocenters. The fourth-order valence-electron chi connectivity index (χ4n) is 8.99. The number of rotatable bonds is 5. The van der Waals surface area contributed by atoms with Crippen molar-refractivity contribution in [1.29, 1.82) is 0 Å². The summed E-state index contributed by atoms with van der Waals surface area (Å²) in [7, 11) is 0. The smallest absolute Gasteiger partial charge is 0.180 e. The number of fused-ring (bicyclic) bond motifs is 8. The zero-order chi connectivity index (χ0) is 38.2. The van der Waals surface area contributed by atoms with Crippen molar-refractivity contribution in [2.24, 2.45) is 0 Å². The van der Waals surface area contributed by atoms with E-state index in [1.54, 1.807) is 0 Å². The fraction of sp³-hybridized carbons (Fsp3) is 0. The Hall–Kier alpha value is -7.82. The molecule has 1 aromatic heterocycles. The van der Waals surface area contributed by atoms with Gasteiger partial charge in [-0.3, -0.25) is 4.90 Å². The Morgan fingerprint density at radius 2 is 0.828 bits per heavy atom. The Morgan fingerprint density at radius 3 is 1.41 bits per heavy atom. The second-order valence-corrected chi connectivity index (χ2v) is 14.9. The number of benzene rings is 9. The summed E-state index contributed by atoms with van der Waals surface area (Å²) >= 11 is 0. The topological polar surface area (TPSA) is 26.6 Å². The largest absolute Gasteiger partial charge is 0.453 e. The molecule has 58 heavy (non-hydrogen) atoms. The highest BCUT2D eigenvalue weighted by Gasteiger charge is 2.38. The summed E-state index contributed by atoms with van der Waals surface area (Å²) < 4.78 is 16.6. The molecule has 9 aromatic carbocycles. The minimum Gasteiger partial charge on any atom is -0.453 e. The van der Waals surface area contributed by atoms with Gasteiger partial charge in [0.25, 0.3) is 0 Å². The van der Waals surface area contributed by atoms with Gasteiger partial charge in [0.15, 0.2) is 23.0 Å². The molecule has 0 N–H and O–H groups in total. The second-order valence-electron chi connectivity index (χ2n) is 14.9. The molecule has 2 aliphatic heterocycles. The highest BCUT2D eigenvalue weighted by Crippen LogP contribution is 2.63. The lowest BCUT2D eigenvalue weighted by molar-refractivity contribution is 0.449. The summed E-state index contributed by atoms with van der Waals surface area (Å²) in [6, 6.07) is 72.9. The van der Waals surface area contributed by atoms with Crippen molar-refractivity contribution in [3.8, 4) is 73.2 Å². The van der Waals surface area contributed by atoms with Crippen LogP contribution < -0.4 is 14.4 Å². The lowest BCUT2D eigenvalue weighted by atomic mass is 9.93. The van der Waals surface area contributed by atoms with Gasteiger partial charge < -0.3 is 14.0 Å². The predicted molar refractivity (Wildman–Crippen MR) is 237 cm³/mol. The van der Waals surface area contributed by atoms with Gasteiger partial charge in [0, 0.05) is 16.5 Å². The molecule has 0 amide bonds. The van der Waals surface area contributed by atoms with Crippen LogP contribution in [0.25, 0.3) is 72.0 Å². The molecule has 0 spiro atoms. The number of ether oxygens (including phenoxy) is 2. The summed E-state index contributed by atoms with van der Waals surface area (Å²) in [5, 5.41) is 2.20. The molecule has 3 heterocycles. The van der Waals surface area contributed by atoms with Gasteiger partial charge in [-0.1, -0.05) is 158 Å². The highest BCUT2D eigenvalue weighted by atomic mass is 16.5. The minimum atomic E-state index is 0.753. The molecule has 4 nitrogen and oxygen atoms in total. The van der Waals surface area contributed by atoms with Crippen molar-refractivity contribution >= 4 is 38.9 Å². The van der Waals surface area contributed by atoms with E-state index in [1.807, 2.05) is 0 Å². The number of anilines is 3. The molecule has 10 aromatic rings. The van der Waals surface area contributed by atoms with Gasteiger partial charge in [-0.25, -0.2) is 0 Å². The summed E-state index contributed by atoms with van der Waals surface area (Å²) in [4.78, 5) is 2.34. The maximum absolute atomic E-state index is 7.27. The normalized spacial score (nSPS) is 12.4. The van der Waals surface area contributed by atoms with Gasteiger partial charge >= 0.3 is 0 Å². The van der Waals surface area contributed by atoms with Gasteiger partial charge in [0.1, 0.15) is 5.69 Å². The average Bonchev–Trinajstić information content (AvgIpc) is 3.63. The van der Waals surface area contributed by atoms with E-state index in [2.05, 4.69) is 216 Å². The molecular weight excluding hydrogens is 709 g/mol. The van der Waals surface area contributed by atoms with E-state index in [0.29, 0.717) is 0 Å². The van der Waals surface area contributed by atoms with Crippen LogP contribution in [-0.4, -0.2) is 4.57 Å². The van der Waals surface area contributed by atoms with Gasteiger partial charge in [0.2, 0.25) is 0 Å². The Morgan fingerprint density at radius 1 is 0.345 bits per heavy atom. The molecule has 0 saturated carbocycles. The Labute approximate surface area is 336 Å². The first-order chi connectivity index (χ1) is 28.8. The molecule has 0 aliphatic carbocycles. The molecule has 4 heteroatoms. The third-order valence-corrected chi connectivity index (χ3v) is 11.6. The molecule has 2 aliphatic rings. The van der Waals surface area contributed by atoms with Crippen molar-refractivity contribution in [1.82, 2.24) is 4.57 Å². The Balaban J connectivity index is 1.11. The number of aromatic nitrogens is 1. The van der Waals surface area contributed by atoms with E-state index in [1.165, 1.54) is 22.3 Å². The van der Waals surface area contributed by atoms with Crippen LogP contribution in [0.2, 0.25) is 0 Å². The molecular formula is C54H34N2O2. The van der Waals surface area contributed by atoms with E-state index in [9.17, 15) is 0 Å². The first kappa shape index (κ1) is 32.4. The van der Waals surface area contributed by atoms with Gasteiger partial charge in [-0.2, -0.15) is 0 Å².